The number of hydrogen-bond acceptors (Lipinski definition) is 0. The largest absolute Gasteiger partial charge is 0.359 e. The average molecular weight is 145 g/mol. The van der Waals surface area contributed by atoms with Crippen molar-refractivity contribution in [3.8, 4) is 0 Å². The Bertz CT molecular complexity index is 385. The summed E-state index contributed by atoms with van der Waals surface area (Å²) < 4.78 is 0. The molecule has 0 aliphatic rings. The van der Waals surface area contributed by atoms with Crippen LogP contribution in [0.15, 0.2) is 24.3 Å². The Morgan fingerprint density at radius 1 is 1.18 bits per heavy atom. The van der Waals surface area contributed by atoms with Crippen LogP contribution in [0, 0.1) is 13.8 Å². The van der Waals surface area contributed by atoms with Gasteiger partial charge in [0, 0.05) is 16.6 Å². The highest BCUT2D eigenvalue weighted by Gasteiger charge is 1.97. The van der Waals surface area contributed by atoms with Crippen LogP contribution in [-0.4, -0.2) is 4.98 Å². The van der Waals surface area contributed by atoms with Crippen LogP contribution < -0.4 is 0 Å². The lowest BCUT2D eigenvalue weighted by molar-refractivity contribution is 1.30. The highest BCUT2D eigenvalue weighted by atomic mass is 14.7. The minimum atomic E-state index is 1.23. The van der Waals surface area contributed by atoms with Gasteiger partial charge in [-0.2, -0.15) is 0 Å². The summed E-state index contributed by atoms with van der Waals surface area (Å²) in [5.74, 6) is 0. The molecule has 1 nitrogen and oxygen atoms in total. The molecule has 1 aromatic heterocycles. The number of fused-ring (bicyclic) bond motifs is 1. The monoisotopic (exact) mass is 145 g/mol. The molecule has 0 atom stereocenters. The number of nitrogens with one attached hydrogen (secondary N) is 1. The smallest absolute Gasteiger partial charge is 0.0458 e. The van der Waals surface area contributed by atoms with E-state index in [4.69, 9.17) is 0 Å². The molecule has 0 saturated heterocycles. The SMILES string of the molecule is Cc1cc2c(C)cccc2[nH]1. The van der Waals surface area contributed by atoms with E-state index in [2.05, 4.69) is 43.1 Å². The number of hydrogen-bond donors (Lipinski definition) is 1. The Labute approximate surface area is 66.1 Å². The lowest BCUT2D eigenvalue weighted by Crippen LogP contribution is -1.71. The quantitative estimate of drug-likeness (QED) is 0.586. The first-order chi connectivity index (χ1) is 5.27. The first-order valence-electron chi connectivity index (χ1n) is 3.82. The van der Waals surface area contributed by atoms with E-state index in [-0.39, 0.29) is 0 Å². The molecule has 1 heteroatoms. The fourth-order valence-electron chi connectivity index (χ4n) is 1.45. The molecule has 0 aliphatic carbocycles. The van der Waals surface area contributed by atoms with Crippen LogP contribution >= 0.6 is 0 Å². The van der Waals surface area contributed by atoms with Crippen molar-refractivity contribution in [1.82, 2.24) is 4.98 Å². The standard InChI is InChI=1S/C10H11N/c1-7-4-3-5-10-9(7)6-8(2)11-10/h3-6,11H,1-2H3. The van der Waals surface area contributed by atoms with Crippen LogP contribution in [-0.2, 0) is 0 Å². The van der Waals surface area contributed by atoms with Gasteiger partial charge >= 0.3 is 0 Å². The van der Waals surface area contributed by atoms with E-state index in [0.717, 1.165) is 0 Å². The van der Waals surface area contributed by atoms with Gasteiger partial charge in [0.2, 0.25) is 0 Å². The molecule has 0 fully saturated rings. The molecule has 2 aromatic rings. The zero-order valence-corrected chi connectivity index (χ0v) is 6.81. The summed E-state index contributed by atoms with van der Waals surface area (Å²) in [5, 5.41) is 1.34. The summed E-state index contributed by atoms with van der Waals surface area (Å²) in [6, 6.07) is 8.50. The Kier molecular flexibility index (Phi) is 1.25. The van der Waals surface area contributed by atoms with Gasteiger partial charge in [-0.25, -0.2) is 0 Å². The third-order valence-electron chi connectivity index (χ3n) is 2.02. The van der Waals surface area contributed by atoms with E-state index in [1.54, 1.807) is 0 Å². The maximum atomic E-state index is 3.30. The molecule has 0 amide bonds. The van der Waals surface area contributed by atoms with E-state index in [1.165, 1.54) is 22.2 Å². The van der Waals surface area contributed by atoms with Crippen molar-refractivity contribution >= 4 is 10.9 Å². The fraction of sp³-hybridized carbons (Fsp3) is 0.200. The molecule has 1 N–H and O–H groups in total. The van der Waals surface area contributed by atoms with Crippen LogP contribution in [0.4, 0.5) is 0 Å². The molecule has 0 radical (unpaired) electrons. The fourth-order valence-corrected chi connectivity index (χ4v) is 1.45. The molecule has 0 spiro atoms. The maximum absolute atomic E-state index is 3.30. The van der Waals surface area contributed by atoms with E-state index in [0.29, 0.717) is 0 Å². The van der Waals surface area contributed by atoms with E-state index >= 15 is 0 Å². The molecular formula is C10H11N. The summed E-state index contributed by atoms with van der Waals surface area (Å²) in [5.41, 5.74) is 3.81. The summed E-state index contributed by atoms with van der Waals surface area (Å²) in [4.78, 5) is 3.30. The number of H-pyrrole nitrogens is 1. The second-order valence-electron chi connectivity index (χ2n) is 2.99. The van der Waals surface area contributed by atoms with E-state index in [1.807, 2.05) is 0 Å². The predicted octanol–water partition coefficient (Wildman–Crippen LogP) is 2.78. The number of rotatable bonds is 0. The minimum absolute atomic E-state index is 1.23. The van der Waals surface area contributed by atoms with Crippen molar-refractivity contribution in [1.29, 1.82) is 0 Å². The number of aryl methyl sites for hydroxylation is 2. The van der Waals surface area contributed by atoms with Crippen molar-refractivity contribution in [2.24, 2.45) is 0 Å². The maximum Gasteiger partial charge on any atom is 0.0458 e. The summed E-state index contributed by atoms with van der Waals surface area (Å²) in [6.07, 6.45) is 0. The van der Waals surface area contributed by atoms with Crippen LogP contribution in [0.5, 0.6) is 0 Å². The molecule has 56 valence electrons. The molecule has 1 heterocycles. The van der Waals surface area contributed by atoms with E-state index < -0.39 is 0 Å². The number of aromatic amines is 1. The summed E-state index contributed by atoms with van der Waals surface area (Å²) >= 11 is 0. The molecule has 0 unspecified atom stereocenters. The van der Waals surface area contributed by atoms with Crippen molar-refractivity contribution in [3.05, 3.63) is 35.5 Å². The Hall–Kier alpha value is -1.24. The summed E-state index contributed by atoms with van der Waals surface area (Å²) in [7, 11) is 0. The molecule has 0 aliphatic heterocycles. The van der Waals surface area contributed by atoms with Gasteiger partial charge in [0.1, 0.15) is 0 Å². The zero-order valence-electron chi connectivity index (χ0n) is 6.81. The number of benzene rings is 1. The van der Waals surface area contributed by atoms with Crippen LogP contribution in [0.25, 0.3) is 10.9 Å². The summed E-state index contributed by atoms with van der Waals surface area (Å²) in [6.45, 7) is 4.22. The lowest BCUT2D eigenvalue weighted by atomic mass is 10.1. The van der Waals surface area contributed by atoms with Crippen LogP contribution in [0.2, 0.25) is 0 Å². The van der Waals surface area contributed by atoms with Crippen LogP contribution in [0.1, 0.15) is 11.3 Å². The van der Waals surface area contributed by atoms with Gasteiger partial charge in [0.25, 0.3) is 0 Å². The van der Waals surface area contributed by atoms with Gasteiger partial charge in [-0.05, 0) is 31.5 Å². The normalized spacial score (nSPS) is 10.7. The molecular weight excluding hydrogens is 134 g/mol. The highest BCUT2D eigenvalue weighted by molar-refractivity contribution is 5.83. The third-order valence-corrected chi connectivity index (χ3v) is 2.02. The van der Waals surface area contributed by atoms with Gasteiger partial charge in [0.05, 0.1) is 0 Å². The molecule has 1 aromatic carbocycles. The second-order valence-corrected chi connectivity index (χ2v) is 2.99. The van der Waals surface area contributed by atoms with Crippen molar-refractivity contribution in [2.45, 2.75) is 13.8 Å². The van der Waals surface area contributed by atoms with Gasteiger partial charge in [-0.1, -0.05) is 12.1 Å². The van der Waals surface area contributed by atoms with Gasteiger partial charge in [-0.3, -0.25) is 0 Å². The predicted molar refractivity (Wildman–Crippen MR) is 47.8 cm³/mol. The molecule has 0 bridgehead atoms. The molecule has 0 saturated carbocycles. The van der Waals surface area contributed by atoms with Crippen molar-refractivity contribution in [3.63, 3.8) is 0 Å². The molecule has 11 heavy (non-hydrogen) atoms. The average Bonchev–Trinajstić information content (AvgIpc) is 2.31. The Morgan fingerprint density at radius 3 is 2.73 bits per heavy atom. The van der Waals surface area contributed by atoms with Crippen LogP contribution in [0.3, 0.4) is 0 Å². The third kappa shape index (κ3) is 0.929. The highest BCUT2D eigenvalue weighted by Crippen LogP contribution is 2.18. The second kappa shape index (κ2) is 2.12. The topological polar surface area (TPSA) is 15.8 Å². The minimum Gasteiger partial charge on any atom is -0.359 e. The van der Waals surface area contributed by atoms with Gasteiger partial charge in [-0.15, -0.1) is 0 Å². The van der Waals surface area contributed by atoms with Crippen molar-refractivity contribution < 1.29 is 0 Å². The first kappa shape index (κ1) is 6.47. The first-order valence-corrected chi connectivity index (χ1v) is 3.82. The van der Waals surface area contributed by atoms with Gasteiger partial charge in [0.15, 0.2) is 0 Å². The Balaban J connectivity index is 2.90. The number of aromatic nitrogens is 1. The zero-order chi connectivity index (χ0) is 7.84. The van der Waals surface area contributed by atoms with Gasteiger partial charge < -0.3 is 4.98 Å². The van der Waals surface area contributed by atoms with Crippen molar-refractivity contribution in [2.75, 3.05) is 0 Å². The van der Waals surface area contributed by atoms with E-state index in [9.17, 15) is 0 Å². The lowest BCUT2D eigenvalue weighted by Gasteiger charge is -1.92. The Morgan fingerprint density at radius 2 is 2.00 bits per heavy atom. The molecule has 2 rings (SSSR count).